The monoisotopic (exact) mass is 347 g/mol. The second kappa shape index (κ2) is 18.6. The van der Waals surface area contributed by atoms with E-state index in [4.69, 9.17) is 0 Å². The molecule has 0 atom stereocenters. The van der Waals surface area contributed by atoms with Gasteiger partial charge < -0.3 is 16.9 Å². The number of halogens is 1. The van der Waals surface area contributed by atoms with Gasteiger partial charge in [-0.3, -0.25) is 0 Å². The van der Waals surface area contributed by atoms with Gasteiger partial charge in [0.15, 0.2) is 0 Å². The van der Waals surface area contributed by atoms with Crippen LogP contribution in [0.15, 0.2) is 0 Å². The Labute approximate surface area is 154 Å². The second-order valence-corrected chi connectivity index (χ2v) is 7.98. The van der Waals surface area contributed by atoms with E-state index in [1.54, 1.807) is 0 Å². The molecule has 0 saturated carbocycles. The number of quaternary nitrogens is 1. The topological polar surface area (TPSA) is 0 Å². The van der Waals surface area contributed by atoms with E-state index >= 15 is 0 Å². The molecular formula is C21H46ClN. The Hall–Kier alpha value is 0.250. The van der Waals surface area contributed by atoms with Crippen LogP contribution in [0.3, 0.4) is 0 Å². The van der Waals surface area contributed by atoms with Crippen LogP contribution in [-0.4, -0.2) is 31.7 Å². The van der Waals surface area contributed by atoms with Gasteiger partial charge in [0.25, 0.3) is 0 Å². The van der Waals surface area contributed by atoms with Crippen molar-refractivity contribution >= 4 is 0 Å². The average molecular weight is 348 g/mol. The smallest absolute Gasteiger partial charge is 0.0782 e. The largest absolute Gasteiger partial charge is 1.00 e. The fraction of sp³-hybridized carbons (Fsp3) is 1.00. The van der Waals surface area contributed by atoms with Crippen molar-refractivity contribution in [3.05, 3.63) is 0 Å². The van der Waals surface area contributed by atoms with Crippen LogP contribution in [0.4, 0.5) is 0 Å². The van der Waals surface area contributed by atoms with Crippen LogP contribution < -0.4 is 12.4 Å². The SMILES string of the molecule is CCCCCCCCCCC[N+](C)(C)CCCCCCCC.[Cl-]. The van der Waals surface area contributed by atoms with Crippen molar-refractivity contribution in [2.45, 2.75) is 110 Å². The Balaban J connectivity index is 0. The summed E-state index contributed by atoms with van der Waals surface area (Å²) in [4.78, 5) is 0. The molecule has 0 heterocycles. The summed E-state index contributed by atoms with van der Waals surface area (Å²) in [5, 5.41) is 0. The first kappa shape index (κ1) is 25.5. The molecule has 0 rings (SSSR count). The molecule has 0 aliphatic rings. The van der Waals surface area contributed by atoms with Crippen LogP contribution >= 0.6 is 0 Å². The van der Waals surface area contributed by atoms with E-state index in [0.717, 1.165) is 0 Å². The summed E-state index contributed by atoms with van der Waals surface area (Å²) in [6.07, 6.45) is 21.6. The molecule has 0 radical (unpaired) electrons. The van der Waals surface area contributed by atoms with Crippen molar-refractivity contribution in [3.8, 4) is 0 Å². The molecule has 142 valence electrons. The standard InChI is InChI=1S/C21H46N.ClH/c1-5-7-9-11-13-14-15-17-19-21-22(3,4)20-18-16-12-10-8-6-2;/h5-21H2,1-4H3;1H/q+1;/p-1. The lowest BCUT2D eigenvalue weighted by Gasteiger charge is -2.30. The molecule has 0 N–H and O–H groups in total. The van der Waals surface area contributed by atoms with Gasteiger partial charge in [0.05, 0.1) is 27.2 Å². The number of nitrogens with zero attached hydrogens (tertiary/aromatic N) is 1. The van der Waals surface area contributed by atoms with Crippen molar-refractivity contribution in [1.29, 1.82) is 0 Å². The zero-order valence-electron chi connectivity index (χ0n) is 16.8. The highest BCUT2D eigenvalue weighted by Gasteiger charge is 2.13. The van der Waals surface area contributed by atoms with E-state index in [1.165, 1.54) is 114 Å². The maximum atomic E-state index is 2.43. The molecule has 0 aromatic carbocycles. The predicted octanol–water partition coefficient (Wildman–Crippen LogP) is 3.96. The fourth-order valence-electron chi connectivity index (χ4n) is 3.28. The summed E-state index contributed by atoms with van der Waals surface area (Å²) in [7, 11) is 4.85. The Kier molecular flexibility index (Phi) is 20.6. The van der Waals surface area contributed by atoms with E-state index in [0.29, 0.717) is 0 Å². The molecular weight excluding hydrogens is 302 g/mol. The minimum atomic E-state index is 0. The quantitative estimate of drug-likeness (QED) is 0.276. The lowest BCUT2D eigenvalue weighted by atomic mass is 10.1. The van der Waals surface area contributed by atoms with Gasteiger partial charge in [0, 0.05) is 0 Å². The van der Waals surface area contributed by atoms with Crippen molar-refractivity contribution in [3.63, 3.8) is 0 Å². The first-order chi connectivity index (χ1) is 10.6. The highest BCUT2D eigenvalue weighted by molar-refractivity contribution is 4.48. The molecule has 0 aliphatic heterocycles. The average Bonchev–Trinajstić information content (AvgIpc) is 2.49. The van der Waals surface area contributed by atoms with Gasteiger partial charge in [-0.1, -0.05) is 84.5 Å². The number of rotatable bonds is 17. The molecule has 0 aromatic heterocycles. The molecule has 0 unspecified atom stereocenters. The van der Waals surface area contributed by atoms with Gasteiger partial charge in [0.2, 0.25) is 0 Å². The van der Waals surface area contributed by atoms with E-state index in [2.05, 4.69) is 27.9 Å². The lowest BCUT2D eigenvalue weighted by molar-refractivity contribution is -0.890. The summed E-state index contributed by atoms with van der Waals surface area (Å²) in [6.45, 7) is 7.35. The molecule has 1 nitrogen and oxygen atoms in total. The normalized spacial score (nSPS) is 11.5. The summed E-state index contributed by atoms with van der Waals surface area (Å²) in [5.74, 6) is 0. The summed E-state index contributed by atoms with van der Waals surface area (Å²) in [5.41, 5.74) is 0. The molecule has 23 heavy (non-hydrogen) atoms. The Morgan fingerprint density at radius 1 is 0.435 bits per heavy atom. The van der Waals surface area contributed by atoms with Gasteiger partial charge in [-0.2, -0.15) is 0 Å². The Bertz CT molecular complexity index is 216. The van der Waals surface area contributed by atoms with Crippen molar-refractivity contribution in [2.24, 2.45) is 0 Å². The minimum absolute atomic E-state index is 0. The van der Waals surface area contributed by atoms with Crippen LogP contribution in [0.5, 0.6) is 0 Å². The molecule has 0 fully saturated rings. The van der Waals surface area contributed by atoms with Gasteiger partial charge in [-0.25, -0.2) is 0 Å². The van der Waals surface area contributed by atoms with Crippen molar-refractivity contribution < 1.29 is 16.9 Å². The molecule has 2 heteroatoms. The van der Waals surface area contributed by atoms with Crippen molar-refractivity contribution in [2.75, 3.05) is 27.2 Å². The van der Waals surface area contributed by atoms with Crippen LogP contribution in [0.25, 0.3) is 0 Å². The second-order valence-electron chi connectivity index (χ2n) is 7.98. The number of hydrogen-bond acceptors (Lipinski definition) is 0. The van der Waals surface area contributed by atoms with E-state index in [-0.39, 0.29) is 12.4 Å². The van der Waals surface area contributed by atoms with E-state index in [1.807, 2.05) is 0 Å². The molecule has 0 spiro atoms. The maximum absolute atomic E-state index is 2.43. The third-order valence-electron chi connectivity index (χ3n) is 4.98. The fourth-order valence-corrected chi connectivity index (χ4v) is 3.28. The minimum Gasteiger partial charge on any atom is -1.00 e. The van der Waals surface area contributed by atoms with Crippen LogP contribution in [0.2, 0.25) is 0 Å². The van der Waals surface area contributed by atoms with Crippen LogP contribution in [0, 0.1) is 0 Å². The summed E-state index contributed by atoms with van der Waals surface area (Å²) >= 11 is 0. The number of unbranched alkanes of at least 4 members (excludes halogenated alkanes) is 13. The van der Waals surface area contributed by atoms with Gasteiger partial charge >= 0.3 is 0 Å². The van der Waals surface area contributed by atoms with Gasteiger partial charge in [-0.05, 0) is 25.7 Å². The maximum Gasteiger partial charge on any atom is 0.0782 e. The van der Waals surface area contributed by atoms with Crippen LogP contribution in [-0.2, 0) is 0 Å². The summed E-state index contributed by atoms with van der Waals surface area (Å²) in [6, 6.07) is 0. The Morgan fingerprint density at radius 2 is 0.696 bits per heavy atom. The molecule has 0 saturated heterocycles. The molecule has 0 aromatic rings. The first-order valence-electron chi connectivity index (χ1n) is 10.4. The zero-order valence-corrected chi connectivity index (χ0v) is 17.6. The summed E-state index contributed by atoms with van der Waals surface area (Å²) < 4.78 is 1.24. The van der Waals surface area contributed by atoms with Gasteiger partial charge in [-0.15, -0.1) is 0 Å². The van der Waals surface area contributed by atoms with Crippen LogP contribution in [0.1, 0.15) is 110 Å². The third-order valence-corrected chi connectivity index (χ3v) is 4.98. The predicted molar refractivity (Wildman–Crippen MR) is 102 cm³/mol. The highest BCUT2D eigenvalue weighted by atomic mass is 35.5. The van der Waals surface area contributed by atoms with Gasteiger partial charge in [0.1, 0.15) is 0 Å². The number of hydrogen-bond donors (Lipinski definition) is 0. The lowest BCUT2D eigenvalue weighted by Crippen LogP contribution is -3.00. The molecule has 0 aliphatic carbocycles. The first-order valence-corrected chi connectivity index (χ1v) is 10.4. The zero-order chi connectivity index (χ0) is 16.5. The van der Waals surface area contributed by atoms with E-state index in [9.17, 15) is 0 Å². The van der Waals surface area contributed by atoms with E-state index < -0.39 is 0 Å². The third kappa shape index (κ3) is 20.2. The molecule has 0 amide bonds. The highest BCUT2D eigenvalue weighted by Crippen LogP contribution is 2.12. The van der Waals surface area contributed by atoms with Crippen molar-refractivity contribution in [1.82, 2.24) is 0 Å². The molecule has 0 bridgehead atoms. The Morgan fingerprint density at radius 3 is 1.00 bits per heavy atom.